The fourth-order valence-corrected chi connectivity index (χ4v) is 1.86. The van der Waals surface area contributed by atoms with Crippen molar-refractivity contribution in [1.82, 2.24) is 9.47 Å². The summed E-state index contributed by atoms with van der Waals surface area (Å²) < 4.78 is 1.45. The lowest BCUT2D eigenvalue weighted by Gasteiger charge is -2.24. The predicted molar refractivity (Wildman–Crippen MR) is 76.1 cm³/mol. The molecular formula is C14H23N3O2. The molecule has 0 unspecified atom stereocenters. The molecule has 0 atom stereocenters. The van der Waals surface area contributed by atoms with Crippen molar-refractivity contribution >= 4 is 5.91 Å². The van der Waals surface area contributed by atoms with Gasteiger partial charge in [0.1, 0.15) is 0 Å². The zero-order valence-electron chi connectivity index (χ0n) is 11.9. The van der Waals surface area contributed by atoms with Crippen LogP contribution in [0.1, 0.15) is 30.6 Å². The summed E-state index contributed by atoms with van der Waals surface area (Å²) >= 11 is 0. The largest absolute Gasteiger partial charge is 0.338 e. The number of nitrogens with zero attached hydrogens (tertiary/aromatic N) is 2. The Hall–Kier alpha value is -1.62. The second-order valence-electron chi connectivity index (χ2n) is 5.15. The number of nitrogens with two attached hydrogens (primary N) is 1. The zero-order valence-corrected chi connectivity index (χ0v) is 11.9. The third-order valence-electron chi connectivity index (χ3n) is 2.86. The highest BCUT2D eigenvalue weighted by atomic mass is 16.2. The Morgan fingerprint density at radius 3 is 2.68 bits per heavy atom. The second-order valence-corrected chi connectivity index (χ2v) is 5.15. The van der Waals surface area contributed by atoms with Crippen LogP contribution in [0.4, 0.5) is 0 Å². The number of rotatable bonds is 6. The maximum Gasteiger partial charge on any atom is 0.254 e. The van der Waals surface area contributed by atoms with E-state index in [0.29, 0.717) is 31.1 Å². The molecule has 0 saturated carbocycles. The summed E-state index contributed by atoms with van der Waals surface area (Å²) in [6.45, 7) is 5.98. The van der Waals surface area contributed by atoms with E-state index in [1.807, 2.05) is 0 Å². The first-order valence-electron chi connectivity index (χ1n) is 6.61. The van der Waals surface area contributed by atoms with Gasteiger partial charge in [0.05, 0.1) is 0 Å². The summed E-state index contributed by atoms with van der Waals surface area (Å²) in [5.41, 5.74) is 5.77. The molecule has 1 rings (SSSR count). The smallest absolute Gasteiger partial charge is 0.254 e. The molecular weight excluding hydrogens is 242 g/mol. The lowest BCUT2D eigenvalue weighted by atomic mass is 10.1. The first-order valence-corrected chi connectivity index (χ1v) is 6.61. The highest BCUT2D eigenvalue weighted by Gasteiger charge is 2.16. The highest BCUT2D eigenvalue weighted by Crippen LogP contribution is 2.06. The van der Waals surface area contributed by atoms with E-state index in [-0.39, 0.29) is 11.5 Å². The minimum atomic E-state index is -0.172. The average molecular weight is 265 g/mol. The van der Waals surface area contributed by atoms with Gasteiger partial charge in [0.2, 0.25) is 0 Å². The number of carbonyl (C=O) groups is 1. The molecule has 0 spiro atoms. The molecule has 0 bridgehead atoms. The van der Waals surface area contributed by atoms with Crippen molar-refractivity contribution in [2.75, 3.05) is 19.6 Å². The summed E-state index contributed by atoms with van der Waals surface area (Å²) in [6, 6.07) is 3.07. The molecule has 2 N–H and O–H groups in total. The van der Waals surface area contributed by atoms with E-state index in [1.54, 1.807) is 24.2 Å². The number of aromatic nitrogens is 1. The topological polar surface area (TPSA) is 68.3 Å². The van der Waals surface area contributed by atoms with E-state index in [1.165, 1.54) is 10.6 Å². The number of aryl methyl sites for hydroxylation is 1. The lowest BCUT2D eigenvalue weighted by molar-refractivity contribution is 0.0735. The molecule has 106 valence electrons. The summed E-state index contributed by atoms with van der Waals surface area (Å²) in [6.07, 6.45) is 2.38. The Balaban J connectivity index is 2.90. The molecule has 0 aromatic carbocycles. The van der Waals surface area contributed by atoms with Crippen molar-refractivity contribution in [3.63, 3.8) is 0 Å². The molecule has 1 aromatic heterocycles. The minimum absolute atomic E-state index is 0.0974. The fraction of sp³-hybridized carbons (Fsp3) is 0.571. The van der Waals surface area contributed by atoms with Crippen molar-refractivity contribution in [2.45, 2.75) is 20.3 Å². The number of pyridine rings is 1. The Morgan fingerprint density at radius 2 is 2.16 bits per heavy atom. The molecule has 0 saturated heterocycles. The van der Waals surface area contributed by atoms with Crippen LogP contribution in [0.5, 0.6) is 0 Å². The molecule has 5 nitrogen and oxygen atoms in total. The number of carbonyl (C=O) groups excluding carboxylic acids is 1. The van der Waals surface area contributed by atoms with Crippen LogP contribution in [0.15, 0.2) is 23.1 Å². The van der Waals surface area contributed by atoms with Gasteiger partial charge in [-0.05, 0) is 24.9 Å². The SMILES string of the molecule is CC(C)CN(CCCN)C(=O)c1ccn(C)c(=O)c1. The van der Waals surface area contributed by atoms with Gasteiger partial charge in [-0.2, -0.15) is 0 Å². The van der Waals surface area contributed by atoms with Gasteiger partial charge >= 0.3 is 0 Å². The summed E-state index contributed by atoms with van der Waals surface area (Å²) in [5, 5.41) is 0. The normalized spacial score (nSPS) is 10.8. The van der Waals surface area contributed by atoms with E-state index >= 15 is 0 Å². The molecule has 0 aliphatic rings. The summed E-state index contributed by atoms with van der Waals surface area (Å²) in [7, 11) is 1.66. The van der Waals surface area contributed by atoms with Crippen LogP contribution >= 0.6 is 0 Å². The van der Waals surface area contributed by atoms with Gasteiger partial charge in [-0.25, -0.2) is 0 Å². The van der Waals surface area contributed by atoms with Crippen LogP contribution in [-0.4, -0.2) is 35.0 Å². The molecule has 0 radical (unpaired) electrons. The molecule has 1 amide bonds. The maximum atomic E-state index is 12.4. The quantitative estimate of drug-likeness (QED) is 0.828. The van der Waals surface area contributed by atoms with Gasteiger partial charge in [-0.15, -0.1) is 0 Å². The van der Waals surface area contributed by atoms with Crippen LogP contribution in [0.2, 0.25) is 0 Å². The molecule has 0 aliphatic carbocycles. The Bertz CT molecular complexity index is 480. The van der Waals surface area contributed by atoms with Crippen LogP contribution in [0, 0.1) is 5.92 Å². The van der Waals surface area contributed by atoms with E-state index < -0.39 is 0 Å². The molecule has 0 fully saturated rings. The van der Waals surface area contributed by atoms with Gasteiger partial charge in [-0.1, -0.05) is 13.8 Å². The van der Waals surface area contributed by atoms with Gasteiger partial charge in [0.25, 0.3) is 11.5 Å². The fourth-order valence-electron chi connectivity index (χ4n) is 1.86. The van der Waals surface area contributed by atoms with Gasteiger partial charge in [-0.3, -0.25) is 9.59 Å². The molecule has 1 aromatic rings. The number of hydrogen-bond donors (Lipinski definition) is 1. The first kappa shape index (κ1) is 15.4. The Morgan fingerprint density at radius 1 is 1.47 bits per heavy atom. The van der Waals surface area contributed by atoms with Crippen molar-refractivity contribution in [3.05, 3.63) is 34.2 Å². The highest BCUT2D eigenvalue weighted by molar-refractivity contribution is 5.94. The molecule has 0 aliphatic heterocycles. The number of hydrogen-bond acceptors (Lipinski definition) is 3. The summed E-state index contributed by atoms with van der Waals surface area (Å²) in [4.78, 5) is 25.7. The third kappa shape index (κ3) is 4.52. The molecule has 5 heteroatoms. The average Bonchev–Trinajstić information content (AvgIpc) is 2.36. The second kappa shape index (κ2) is 7.09. The van der Waals surface area contributed by atoms with Gasteiger partial charge in [0.15, 0.2) is 0 Å². The third-order valence-corrected chi connectivity index (χ3v) is 2.86. The maximum absolute atomic E-state index is 12.4. The standard InChI is InChI=1S/C14H23N3O2/c1-11(2)10-17(7-4-6-15)14(19)12-5-8-16(3)13(18)9-12/h5,8-9,11H,4,6-7,10,15H2,1-3H3. The lowest BCUT2D eigenvalue weighted by Crippen LogP contribution is -2.36. The van der Waals surface area contributed by atoms with Crippen molar-refractivity contribution in [1.29, 1.82) is 0 Å². The Labute approximate surface area is 114 Å². The van der Waals surface area contributed by atoms with Crippen LogP contribution in [0.25, 0.3) is 0 Å². The predicted octanol–water partition coefficient (Wildman–Crippen LogP) is 0.832. The van der Waals surface area contributed by atoms with E-state index in [9.17, 15) is 9.59 Å². The monoisotopic (exact) mass is 265 g/mol. The van der Waals surface area contributed by atoms with Crippen LogP contribution in [-0.2, 0) is 7.05 Å². The first-order chi connectivity index (χ1) is 8.95. The summed E-state index contributed by atoms with van der Waals surface area (Å²) in [5.74, 6) is 0.285. The van der Waals surface area contributed by atoms with E-state index in [0.717, 1.165) is 6.42 Å². The minimum Gasteiger partial charge on any atom is -0.338 e. The van der Waals surface area contributed by atoms with E-state index in [4.69, 9.17) is 5.73 Å². The Kier molecular flexibility index (Phi) is 5.76. The molecule has 19 heavy (non-hydrogen) atoms. The van der Waals surface area contributed by atoms with Crippen molar-refractivity contribution < 1.29 is 4.79 Å². The van der Waals surface area contributed by atoms with Crippen molar-refractivity contribution in [3.8, 4) is 0 Å². The van der Waals surface area contributed by atoms with Crippen molar-refractivity contribution in [2.24, 2.45) is 18.7 Å². The van der Waals surface area contributed by atoms with E-state index in [2.05, 4.69) is 13.8 Å². The molecule has 1 heterocycles. The van der Waals surface area contributed by atoms with Gasteiger partial charge < -0.3 is 15.2 Å². The van der Waals surface area contributed by atoms with Crippen LogP contribution in [0.3, 0.4) is 0 Å². The van der Waals surface area contributed by atoms with Crippen LogP contribution < -0.4 is 11.3 Å². The van der Waals surface area contributed by atoms with Gasteiger partial charge in [0, 0.05) is 38.0 Å². The zero-order chi connectivity index (χ0) is 14.4. The number of amides is 1.